The summed E-state index contributed by atoms with van der Waals surface area (Å²) in [4.78, 5) is 12.4. The average Bonchev–Trinajstić information content (AvgIpc) is 2.18. The molecule has 1 rings (SSSR count). The Morgan fingerprint density at radius 2 is 2.56 bits per heavy atom. The second-order valence-corrected chi connectivity index (χ2v) is 1.48. The second-order valence-electron chi connectivity index (χ2n) is 1.48. The first-order valence-corrected chi connectivity index (χ1v) is 2.37. The molecule has 4 heteroatoms. The molecule has 1 aromatic heterocycles. The zero-order valence-corrected chi connectivity index (χ0v) is 4.63. The van der Waals surface area contributed by atoms with E-state index < -0.39 is 0 Å². The van der Waals surface area contributed by atoms with Gasteiger partial charge in [-0.05, 0) is 6.07 Å². The lowest BCUT2D eigenvalue weighted by atomic mass is 10.5. The van der Waals surface area contributed by atoms with Crippen LogP contribution in [0.25, 0.3) is 0 Å². The van der Waals surface area contributed by atoms with Crippen LogP contribution in [-0.4, -0.2) is 11.5 Å². The van der Waals surface area contributed by atoms with Gasteiger partial charge in [0.1, 0.15) is 0 Å². The van der Waals surface area contributed by atoms with Gasteiger partial charge in [-0.25, -0.2) is 0 Å². The van der Waals surface area contributed by atoms with Crippen LogP contribution >= 0.6 is 0 Å². The molecule has 0 aromatic carbocycles. The third-order valence-electron chi connectivity index (χ3n) is 0.905. The number of rotatable bonds is 2. The fourth-order valence-electron chi connectivity index (χ4n) is 0.516. The smallest absolute Gasteiger partial charge is 0.299 e. The zero-order chi connectivity index (χ0) is 6.69. The van der Waals surface area contributed by atoms with Crippen molar-refractivity contribution in [3.05, 3.63) is 12.3 Å². The van der Waals surface area contributed by atoms with Gasteiger partial charge in [0, 0.05) is 6.20 Å². The van der Waals surface area contributed by atoms with Crippen molar-refractivity contribution in [2.45, 2.75) is 0 Å². The Balaban J connectivity index is 2.80. The molecule has 1 aromatic rings. The van der Waals surface area contributed by atoms with E-state index in [1.165, 1.54) is 0 Å². The molecule has 0 unspecified atom stereocenters. The number of ether oxygens (including phenoxy) is 1. The third kappa shape index (κ3) is 1.02. The topological polar surface area (TPSA) is 68.1 Å². The molecule has 0 radical (unpaired) electrons. The highest BCUT2D eigenvalue weighted by Crippen LogP contribution is 2.15. The van der Waals surface area contributed by atoms with Gasteiger partial charge in [-0.3, -0.25) is 4.79 Å². The zero-order valence-electron chi connectivity index (χ0n) is 4.63. The SMILES string of the molecule is Nc1cc[nH]c1OC=O. The molecule has 3 N–H and O–H groups in total. The Labute approximate surface area is 51.6 Å². The Kier molecular flexibility index (Phi) is 1.40. The Morgan fingerprint density at radius 3 is 3.00 bits per heavy atom. The first-order valence-electron chi connectivity index (χ1n) is 2.37. The number of aromatic amines is 1. The van der Waals surface area contributed by atoms with Crippen molar-refractivity contribution in [2.75, 3.05) is 5.73 Å². The minimum absolute atomic E-state index is 0.296. The molecule has 0 aliphatic heterocycles. The van der Waals surface area contributed by atoms with Crippen LogP contribution < -0.4 is 10.5 Å². The molecule has 0 amide bonds. The van der Waals surface area contributed by atoms with Gasteiger partial charge in [-0.15, -0.1) is 0 Å². The summed E-state index contributed by atoms with van der Waals surface area (Å²) in [6.07, 6.45) is 1.59. The van der Waals surface area contributed by atoms with Gasteiger partial charge in [0.2, 0.25) is 5.88 Å². The standard InChI is InChI=1S/C5H6N2O2/c6-4-1-2-7-5(4)9-3-8/h1-3,7H,6H2. The first-order chi connectivity index (χ1) is 4.34. The van der Waals surface area contributed by atoms with Crippen LogP contribution in [0.15, 0.2) is 12.3 Å². The molecule has 0 bridgehead atoms. The molecule has 4 nitrogen and oxygen atoms in total. The lowest BCUT2D eigenvalue weighted by molar-refractivity contribution is -0.120. The van der Waals surface area contributed by atoms with Crippen molar-refractivity contribution in [1.29, 1.82) is 0 Å². The van der Waals surface area contributed by atoms with Crippen molar-refractivity contribution in [3.8, 4) is 5.88 Å². The molecule has 0 aliphatic carbocycles. The number of nitrogen functional groups attached to an aromatic ring is 1. The van der Waals surface area contributed by atoms with Crippen LogP contribution in [0, 0.1) is 0 Å². The summed E-state index contributed by atoms with van der Waals surface area (Å²) >= 11 is 0. The second kappa shape index (κ2) is 2.21. The van der Waals surface area contributed by atoms with E-state index in [2.05, 4.69) is 9.72 Å². The number of hydrogen-bond donors (Lipinski definition) is 2. The summed E-state index contributed by atoms with van der Waals surface area (Å²) < 4.78 is 4.42. The first kappa shape index (κ1) is 5.68. The van der Waals surface area contributed by atoms with Crippen LogP contribution in [0.2, 0.25) is 0 Å². The highest BCUT2D eigenvalue weighted by Gasteiger charge is 1.96. The van der Waals surface area contributed by atoms with Crippen molar-refractivity contribution in [1.82, 2.24) is 4.98 Å². The maximum atomic E-state index is 9.73. The average molecular weight is 126 g/mol. The molecule has 0 saturated carbocycles. The number of nitrogens with two attached hydrogens (primary N) is 1. The Morgan fingerprint density at radius 1 is 1.78 bits per heavy atom. The van der Waals surface area contributed by atoms with Gasteiger partial charge in [0.25, 0.3) is 6.47 Å². The van der Waals surface area contributed by atoms with Crippen molar-refractivity contribution in [2.24, 2.45) is 0 Å². The summed E-state index contributed by atoms with van der Waals surface area (Å²) in [6, 6.07) is 1.61. The number of aromatic nitrogens is 1. The van der Waals surface area contributed by atoms with E-state index in [1.807, 2.05) is 0 Å². The van der Waals surface area contributed by atoms with Crippen LogP contribution in [-0.2, 0) is 4.79 Å². The monoisotopic (exact) mass is 126 g/mol. The van der Waals surface area contributed by atoms with Crippen LogP contribution in [0.5, 0.6) is 5.88 Å². The van der Waals surface area contributed by atoms with E-state index in [0.29, 0.717) is 18.0 Å². The number of carbonyl (C=O) groups excluding carboxylic acids is 1. The summed E-state index contributed by atoms with van der Waals surface area (Å²) in [6.45, 7) is 0.322. The van der Waals surface area contributed by atoms with Crippen molar-refractivity contribution < 1.29 is 9.53 Å². The van der Waals surface area contributed by atoms with Crippen molar-refractivity contribution in [3.63, 3.8) is 0 Å². The lowest BCUT2D eigenvalue weighted by Crippen LogP contribution is -1.92. The van der Waals surface area contributed by atoms with Crippen LogP contribution in [0.1, 0.15) is 0 Å². The molecule has 0 spiro atoms. The van der Waals surface area contributed by atoms with Crippen LogP contribution in [0.4, 0.5) is 5.69 Å². The largest absolute Gasteiger partial charge is 0.409 e. The molecular weight excluding hydrogens is 120 g/mol. The fourth-order valence-corrected chi connectivity index (χ4v) is 0.516. The molecule has 0 fully saturated rings. The van der Waals surface area contributed by atoms with Gasteiger partial charge in [0.05, 0.1) is 5.69 Å². The number of anilines is 1. The third-order valence-corrected chi connectivity index (χ3v) is 0.905. The highest BCUT2D eigenvalue weighted by molar-refractivity contribution is 5.54. The predicted octanol–water partition coefficient (Wildman–Crippen LogP) is 0.132. The molecular formula is C5H6N2O2. The Hall–Kier alpha value is -1.45. The lowest BCUT2D eigenvalue weighted by Gasteiger charge is -1.91. The fraction of sp³-hybridized carbons (Fsp3) is 0. The maximum Gasteiger partial charge on any atom is 0.299 e. The minimum Gasteiger partial charge on any atom is -0.409 e. The number of hydrogen-bond acceptors (Lipinski definition) is 3. The van der Waals surface area contributed by atoms with Gasteiger partial charge in [-0.2, -0.15) is 0 Å². The normalized spacial score (nSPS) is 8.89. The molecule has 0 atom stereocenters. The Bertz CT molecular complexity index is 206. The van der Waals surface area contributed by atoms with E-state index in [4.69, 9.17) is 5.73 Å². The molecule has 1 heterocycles. The number of carbonyl (C=O) groups is 1. The van der Waals surface area contributed by atoms with Gasteiger partial charge in [0.15, 0.2) is 0 Å². The van der Waals surface area contributed by atoms with E-state index >= 15 is 0 Å². The number of nitrogens with one attached hydrogen (secondary N) is 1. The maximum absolute atomic E-state index is 9.73. The minimum atomic E-state index is 0.296. The quantitative estimate of drug-likeness (QED) is 0.553. The van der Waals surface area contributed by atoms with Crippen molar-refractivity contribution >= 4 is 12.2 Å². The van der Waals surface area contributed by atoms with Gasteiger partial charge < -0.3 is 15.5 Å². The molecule has 48 valence electrons. The van der Waals surface area contributed by atoms with Gasteiger partial charge >= 0.3 is 0 Å². The molecule has 0 saturated heterocycles. The predicted molar refractivity (Wildman–Crippen MR) is 31.9 cm³/mol. The van der Waals surface area contributed by atoms with E-state index in [0.717, 1.165) is 0 Å². The van der Waals surface area contributed by atoms with E-state index in [9.17, 15) is 4.79 Å². The highest BCUT2D eigenvalue weighted by atomic mass is 16.5. The van der Waals surface area contributed by atoms with Gasteiger partial charge in [-0.1, -0.05) is 0 Å². The van der Waals surface area contributed by atoms with Crippen LogP contribution in [0.3, 0.4) is 0 Å². The summed E-state index contributed by atoms with van der Waals surface area (Å²) in [5.74, 6) is 0.296. The summed E-state index contributed by atoms with van der Waals surface area (Å²) in [5.41, 5.74) is 5.74. The molecule has 0 aliphatic rings. The number of H-pyrrole nitrogens is 1. The summed E-state index contributed by atoms with van der Waals surface area (Å²) in [7, 11) is 0. The van der Waals surface area contributed by atoms with E-state index in [1.54, 1.807) is 12.3 Å². The van der Waals surface area contributed by atoms with E-state index in [-0.39, 0.29) is 0 Å². The summed E-state index contributed by atoms with van der Waals surface area (Å²) in [5, 5.41) is 0. The molecule has 9 heavy (non-hydrogen) atoms.